The molecule has 4 nitrogen and oxygen atoms in total. The molecular weight excluding hydrogens is 264 g/mol. The van der Waals surface area contributed by atoms with E-state index in [0.717, 1.165) is 0 Å². The Labute approximate surface area is 131 Å². The fraction of sp³-hybridized carbons (Fsp3) is 0.647. The Morgan fingerprint density at radius 2 is 1.71 bits per heavy atom. The van der Waals surface area contributed by atoms with Crippen molar-refractivity contribution in [2.45, 2.75) is 66.8 Å². The predicted octanol–water partition coefficient (Wildman–Crippen LogP) is 4.04. The number of hydrogen-bond acceptors (Lipinski definition) is 2. The number of rotatable bonds is 2. The van der Waals surface area contributed by atoms with E-state index in [0.29, 0.717) is 0 Å². The van der Waals surface area contributed by atoms with E-state index in [1.165, 1.54) is 26.0 Å². The molecular formula is C17H34N2O2. The molecule has 0 saturated heterocycles. The van der Waals surface area contributed by atoms with Crippen LogP contribution in [0.4, 0.5) is 0 Å². The van der Waals surface area contributed by atoms with Crippen LogP contribution in [0.25, 0.3) is 0 Å². The van der Waals surface area contributed by atoms with E-state index >= 15 is 0 Å². The van der Waals surface area contributed by atoms with Crippen molar-refractivity contribution in [1.82, 2.24) is 9.88 Å². The lowest BCUT2D eigenvalue weighted by atomic mass is 10.1. The van der Waals surface area contributed by atoms with Gasteiger partial charge in [0.25, 0.3) is 11.5 Å². The molecule has 0 aromatic carbocycles. The van der Waals surface area contributed by atoms with Gasteiger partial charge in [-0.3, -0.25) is 9.59 Å². The van der Waals surface area contributed by atoms with Crippen LogP contribution >= 0.6 is 0 Å². The highest BCUT2D eigenvalue weighted by atomic mass is 16.2. The first-order valence-electron chi connectivity index (χ1n) is 7.73. The number of amides is 1. The standard InChI is InChI=1S/C11H16N2O2.C4H10.C2H6.H2/c1-11(2,3)13-7-5-6-8(10(13)15)9(14)12-4;1-3-4-2;1-2;/h5-7H,1-4H3,(H,12,14);3-4H2,1-2H3;1-2H3;1H. The summed E-state index contributed by atoms with van der Waals surface area (Å²) in [7, 11) is 1.51. The zero-order chi connectivity index (χ0) is 17.1. The van der Waals surface area contributed by atoms with Crippen LogP contribution < -0.4 is 10.9 Å². The molecule has 4 heteroatoms. The van der Waals surface area contributed by atoms with Crippen molar-refractivity contribution < 1.29 is 6.22 Å². The van der Waals surface area contributed by atoms with Crippen molar-refractivity contribution in [3.63, 3.8) is 0 Å². The Bertz CT molecular complexity index is 460. The summed E-state index contributed by atoms with van der Waals surface area (Å²) in [5.41, 5.74) is -0.402. The number of hydrogen-bond donors (Lipinski definition) is 1. The quantitative estimate of drug-likeness (QED) is 0.895. The smallest absolute Gasteiger partial charge is 0.263 e. The van der Waals surface area contributed by atoms with E-state index in [1.807, 2.05) is 34.6 Å². The van der Waals surface area contributed by atoms with Gasteiger partial charge in [0, 0.05) is 20.2 Å². The molecule has 1 N–H and O–H groups in total. The first kappa shape index (κ1) is 21.7. The molecule has 0 saturated carbocycles. The molecule has 0 radical (unpaired) electrons. The molecule has 0 spiro atoms. The molecule has 0 aliphatic heterocycles. The molecule has 1 heterocycles. The van der Waals surface area contributed by atoms with Gasteiger partial charge in [-0.15, -0.1) is 0 Å². The van der Waals surface area contributed by atoms with Gasteiger partial charge in [-0.1, -0.05) is 40.5 Å². The summed E-state index contributed by atoms with van der Waals surface area (Å²) in [5.74, 6) is -0.349. The summed E-state index contributed by atoms with van der Waals surface area (Å²) in [6.45, 7) is 14.1. The normalized spacial score (nSPS) is 9.71. The van der Waals surface area contributed by atoms with E-state index in [9.17, 15) is 9.59 Å². The summed E-state index contributed by atoms with van der Waals surface area (Å²) in [5, 5.41) is 2.45. The molecule has 0 fully saturated rings. The Morgan fingerprint density at radius 3 is 2.05 bits per heavy atom. The second kappa shape index (κ2) is 11.1. The SMILES string of the molecule is CC.CCCC.CNC(=O)c1cccn(C(C)(C)C)c1=O.[HH]. The fourth-order valence-electron chi connectivity index (χ4n) is 1.33. The highest BCUT2D eigenvalue weighted by molar-refractivity contribution is 5.93. The van der Waals surface area contributed by atoms with Crippen LogP contribution in [0, 0.1) is 0 Å². The third kappa shape index (κ3) is 7.69. The van der Waals surface area contributed by atoms with E-state index < -0.39 is 0 Å². The van der Waals surface area contributed by atoms with Crippen LogP contribution in [0.2, 0.25) is 0 Å². The lowest BCUT2D eigenvalue weighted by Crippen LogP contribution is -2.38. The highest BCUT2D eigenvalue weighted by Crippen LogP contribution is 2.10. The van der Waals surface area contributed by atoms with Gasteiger partial charge in [0.2, 0.25) is 0 Å². The predicted molar refractivity (Wildman–Crippen MR) is 93.1 cm³/mol. The van der Waals surface area contributed by atoms with Gasteiger partial charge in [-0.25, -0.2) is 0 Å². The van der Waals surface area contributed by atoms with Crippen LogP contribution in [0.3, 0.4) is 0 Å². The number of carbonyl (C=O) groups is 1. The number of carbonyl (C=O) groups excluding carboxylic acids is 1. The Morgan fingerprint density at radius 1 is 1.24 bits per heavy atom. The maximum atomic E-state index is 11.9. The summed E-state index contributed by atoms with van der Waals surface area (Å²) in [6, 6.07) is 3.24. The topological polar surface area (TPSA) is 51.1 Å². The summed E-state index contributed by atoms with van der Waals surface area (Å²) in [6.07, 6.45) is 4.33. The van der Waals surface area contributed by atoms with Gasteiger partial charge < -0.3 is 9.88 Å². The Balaban J connectivity index is -0.000000448. The summed E-state index contributed by atoms with van der Waals surface area (Å²) < 4.78 is 1.55. The van der Waals surface area contributed by atoms with Gasteiger partial charge in [0.15, 0.2) is 0 Å². The molecule has 124 valence electrons. The first-order chi connectivity index (χ1) is 9.79. The van der Waals surface area contributed by atoms with Crippen LogP contribution in [0.15, 0.2) is 23.1 Å². The molecule has 0 unspecified atom stereocenters. The average Bonchev–Trinajstić information content (AvgIpc) is 2.47. The largest absolute Gasteiger partial charge is 0.355 e. The zero-order valence-electron chi connectivity index (χ0n) is 14.9. The van der Waals surface area contributed by atoms with Crippen molar-refractivity contribution >= 4 is 5.91 Å². The molecule has 1 amide bonds. The van der Waals surface area contributed by atoms with Crippen LogP contribution in [-0.4, -0.2) is 17.5 Å². The number of unbranched alkanes of at least 4 members (excludes halogenated alkanes) is 1. The van der Waals surface area contributed by atoms with Crippen molar-refractivity contribution in [1.29, 1.82) is 0 Å². The van der Waals surface area contributed by atoms with E-state index in [-0.39, 0.29) is 24.0 Å². The molecule has 21 heavy (non-hydrogen) atoms. The third-order valence-electron chi connectivity index (χ3n) is 2.64. The van der Waals surface area contributed by atoms with Gasteiger partial charge >= 0.3 is 0 Å². The lowest BCUT2D eigenvalue weighted by molar-refractivity contribution is 0.0960. The fourth-order valence-corrected chi connectivity index (χ4v) is 1.33. The number of nitrogens with one attached hydrogen (secondary N) is 1. The van der Waals surface area contributed by atoms with E-state index in [4.69, 9.17) is 0 Å². The van der Waals surface area contributed by atoms with Crippen molar-refractivity contribution in [3.8, 4) is 0 Å². The van der Waals surface area contributed by atoms with Gasteiger partial charge in [0.05, 0.1) is 0 Å². The maximum absolute atomic E-state index is 11.9. The van der Waals surface area contributed by atoms with Crippen molar-refractivity contribution in [2.24, 2.45) is 0 Å². The van der Waals surface area contributed by atoms with Gasteiger partial charge in [-0.05, 0) is 32.9 Å². The Kier molecular flexibility index (Phi) is 11.5. The van der Waals surface area contributed by atoms with Crippen LogP contribution in [-0.2, 0) is 5.54 Å². The van der Waals surface area contributed by atoms with E-state index in [2.05, 4.69) is 19.2 Å². The molecule has 1 aromatic rings. The molecule has 0 aliphatic carbocycles. The van der Waals surface area contributed by atoms with Crippen LogP contribution in [0.1, 0.15) is 73.1 Å². The highest BCUT2D eigenvalue weighted by Gasteiger charge is 2.18. The third-order valence-corrected chi connectivity index (χ3v) is 2.64. The lowest BCUT2D eigenvalue weighted by Gasteiger charge is -2.22. The molecule has 1 rings (SSSR count). The average molecular weight is 298 g/mol. The van der Waals surface area contributed by atoms with Crippen LogP contribution in [0.5, 0.6) is 0 Å². The number of aromatic nitrogens is 1. The minimum atomic E-state index is -0.349. The van der Waals surface area contributed by atoms with Gasteiger partial charge in [0.1, 0.15) is 5.56 Å². The Hall–Kier alpha value is -1.58. The minimum absolute atomic E-state index is 0. The van der Waals surface area contributed by atoms with Crippen molar-refractivity contribution in [3.05, 3.63) is 34.2 Å². The second-order valence-electron chi connectivity index (χ2n) is 5.35. The second-order valence-corrected chi connectivity index (χ2v) is 5.35. The number of pyridine rings is 1. The molecule has 0 aliphatic rings. The summed E-state index contributed by atoms with van der Waals surface area (Å²) >= 11 is 0. The maximum Gasteiger partial charge on any atom is 0.263 e. The minimum Gasteiger partial charge on any atom is -0.355 e. The monoisotopic (exact) mass is 298 g/mol. The zero-order valence-corrected chi connectivity index (χ0v) is 14.9. The summed E-state index contributed by atoms with van der Waals surface area (Å²) in [4.78, 5) is 23.3. The molecule has 0 bridgehead atoms. The first-order valence-corrected chi connectivity index (χ1v) is 7.73. The molecule has 0 atom stereocenters. The molecule has 1 aromatic heterocycles. The van der Waals surface area contributed by atoms with Crippen molar-refractivity contribution in [2.75, 3.05) is 7.05 Å². The number of nitrogens with zero attached hydrogens (tertiary/aromatic N) is 1. The van der Waals surface area contributed by atoms with E-state index in [1.54, 1.807) is 16.8 Å². The van der Waals surface area contributed by atoms with Gasteiger partial charge in [-0.2, -0.15) is 0 Å².